The van der Waals surface area contributed by atoms with Gasteiger partial charge in [-0.05, 0) is 20.0 Å². The van der Waals surface area contributed by atoms with Gasteiger partial charge in [0.05, 0.1) is 5.92 Å². The lowest BCUT2D eigenvalue weighted by Gasteiger charge is -2.22. The maximum absolute atomic E-state index is 11.8. The molecule has 1 unspecified atom stereocenters. The van der Waals surface area contributed by atoms with Gasteiger partial charge in [0.15, 0.2) is 0 Å². The minimum absolute atomic E-state index is 0.120. The second kappa shape index (κ2) is 7.67. The quantitative estimate of drug-likeness (QED) is 0.723. The Hall–Kier alpha value is -0.610. The lowest BCUT2D eigenvalue weighted by Crippen LogP contribution is -2.39. The van der Waals surface area contributed by atoms with Gasteiger partial charge in [-0.3, -0.25) is 4.79 Å². The minimum atomic E-state index is 0.120. The van der Waals surface area contributed by atoms with E-state index in [1.807, 2.05) is 0 Å². The molecule has 1 heterocycles. The summed E-state index contributed by atoms with van der Waals surface area (Å²) in [5.41, 5.74) is 0. The molecule has 0 aromatic rings. The zero-order valence-corrected chi connectivity index (χ0v) is 11.5. The van der Waals surface area contributed by atoms with E-state index in [1.165, 1.54) is 19.3 Å². The van der Waals surface area contributed by atoms with Crippen LogP contribution in [0.25, 0.3) is 0 Å². The Kier molecular flexibility index (Phi) is 6.52. The van der Waals surface area contributed by atoms with Crippen LogP contribution in [0.1, 0.15) is 26.2 Å². The van der Waals surface area contributed by atoms with Crippen LogP contribution in [0.2, 0.25) is 0 Å². The number of hydrogen-bond acceptors (Lipinski definition) is 3. The molecule has 1 fully saturated rings. The number of rotatable bonds is 5. The van der Waals surface area contributed by atoms with E-state index in [0.29, 0.717) is 0 Å². The number of hydrogen-bond donors (Lipinski definition) is 1. The third-order valence-electron chi connectivity index (χ3n) is 3.50. The zero-order chi connectivity index (χ0) is 12.7. The molecule has 0 aromatic heterocycles. The molecule has 0 spiro atoms. The van der Waals surface area contributed by atoms with Crippen molar-refractivity contribution in [3.63, 3.8) is 0 Å². The third kappa shape index (κ3) is 5.04. The number of nitrogens with zero attached hydrogens (tertiary/aromatic N) is 2. The van der Waals surface area contributed by atoms with Gasteiger partial charge in [-0.15, -0.1) is 0 Å². The molecule has 4 heteroatoms. The summed E-state index contributed by atoms with van der Waals surface area (Å²) in [6.45, 7) is 7.31. The van der Waals surface area contributed by atoms with Crippen molar-refractivity contribution in [2.24, 2.45) is 5.92 Å². The first-order valence-electron chi connectivity index (χ1n) is 6.79. The van der Waals surface area contributed by atoms with Crippen molar-refractivity contribution in [1.29, 1.82) is 0 Å². The van der Waals surface area contributed by atoms with Crippen molar-refractivity contribution < 1.29 is 4.79 Å². The van der Waals surface area contributed by atoms with E-state index in [0.717, 1.165) is 32.7 Å². The van der Waals surface area contributed by atoms with E-state index >= 15 is 0 Å². The Labute approximate surface area is 105 Å². The van der Waals surface area contributed by atoms with Crippen LogP contribution in [0.5, 0.6) is 0 Å². The molecule has 17 heavy (non-hydrogen) atoms. The summed E-state index contributed by atoms with van der Waals surface area (Å²) in [4.78, 5) is 16.5. The maximum Gasteiger partial charge on any atom is 0.225 e. The van der Waals surface area contributed by atoms with Crippen molar-refractivity contribution >= 4 is 5.91 Å². The first kappa shape index (κ1) is 14.5. The van der Waals surface area contributed by atoms with Crippen molar-refractivity contribution in [1.82, 2.24) is 15.1 Å². The average molecular weight is 241 g/mol. The molecule has 0 saturated carbocycles. The Balaban J connectivity index is 2.46. The molecule has 1 N–H and O–H groups in total. The van der Waals surface area contributed by atoms with Crippen LogP contribution in [0.3, 0.4) is 0 Å². The van der Waals surface area contributed by atoms with E-state index in [9.17, 15) is 4.79 Å². The van der Waals surface area contributed by atoms with Crippen LogP contribution in [-0.2, 0) is 4.79 Å². The number of unbranched alkanes of at least 4 members (excludes halogenated alkanes) is 2. The first-order chi connectivity index (χ1) is 8.17. The molecule has 1 aliphatic rings. The van der Waals surface area contributed by atoms with Crippen molar-refractivity contribution in [3.05, 3.63) is 0 Å². The monoisotopic (exact) mass is 241 g/mol. The number of amides is 1. The molecule has 4 nitrogen and oxygen atoms in total. The van der Waals surface area contributed by atoms with Crippen LogP contribution in [0, 0.1) is 5.92 Å². The van der Waals surface area contributed by atoms with Crippen LogP contribution in [-0.4, -0.2) is 62.5 Å². The summed E-state index contributed by atoms with van der Waals surface area (Å²) >= 11 is 0. The molecule has 1 amide bonds. The Morgan fingerprint density at radius 2 is 2.06 bits per heavy atom. The number of nitrogens with one attached hydrogen (secondary N) is 1. The highest BCUT2D eigenvalue weighted by Crippen LogP contribution is 2.10. The predicted octanol–water partition coefficient (Wildman–Crippen LogP) is 0.786. The number of carbonyl (C=O) groups is 1. The predicted molar refractivity (Wildman–Crippen MR) is 71.0 cm³/mol. The maximum atomic E-state index is 11.8. The second-order valence-electron chi connectivity index (χ2n) is 5.08. The highest BCUT2D eigenvalue weighted by molar-refractivity contribution is 5.78. The van der Waals surface area contributed by atoms with E-state index in [1.54, 1.807) is 7.05 Å². The first-order valence-corrected chi connectivity index (χ1v) is 6.79. The van der Waals surface area contributed by atoms with Crippen LogP contribution >= 0.6 is 0 Å². The normalized spacial score (nSPS) is 23.4. The number of likely N-dealkylation sites (N-methyl/N-ethyl adjacent to an activating group) is 1. The molecule has 1 aliphatic heterocycles. The molecule has 0 aromatic carbocycles. The molecular weight excluding hydrogens is 214 g/mol. The molecule has 0 aliphatic carbocycles. The average Bonchev–Trinajstić information content (AvgIpc) is 2.51. The topological polar surface area (TPSA) is 35.6 Å². The molecule has 1 atom stereocenters. The summed E-state index contributed by atoms with van der Waals surface area (Å²) in [5, 5.41) is 2.78. The Morgan fingerprint density at radius 3 is 2.71 bits per heavy atom. The third-order valence-corrected chi connectivity index (χ3v) is 3.50. The van der Waals surface area contributed by atoms with Gasteiger partial charge in [-0.25, -0.2) is 0 Å². The minimum Gasteiger partial charge on any atom is -0.359 e. The van der Waals surface area contributed by atoms with Crippen LogP contribution in [0.15, 0.2) is 0 Å². The van der Waals surface area contributed by atoms with Gasteiger partial charge in [-0.2, -0.15) is 0 Å². The molecule has 1 saturated heterocycles. The summed E-state index contributed by atoms with van der Waals surface area (Å²) in [6, 6.07) is 0. The van der Waals surface area contributed by atoms with Crippen LogP contribution in [0.4, 0.5) is 0 Å². The highest BCUT2D eigenvalue weighted by Gasteiger charge is 2.25. The largest absolute Gasteiger partial charge is 0.359 e. The summed E-state index contributed by atoms with van der Waals surface area (Å²) in [6.07, 6.45) is 3.80. The van der Waals surface area contributed by atoms with Gasteiger partial charge in [0, 0.05) is 33.2 Å². The smallest absolute Gasteiger partial charge is 0.225 e. The summed E-state index contributed by atoms with van der Waals surface area (Å²) in [7, 11) is 3.83. The van der Waals surface area contributed by atoms with E-state index in [4.69, 9.17) is 0 Å². The van der Waals surface area contributed by atoms with Crippen molar-refractivity contribution in [3.8, 4) is 0 Å². The zero-order valence-electron chi connectivity index (χ0n) is 11.5. The fourth-order valence-electron chi connectivity index (χ4n) is 2.40. The van der Waals surface area contributed by atoms with Crippen LogP contribution < -0.4 is 5.32 Å². The highest BCUT2D eigenvalue weighted by atomic mass is 16.1. The van der Waals surface area contributed by atoms with Gasteiger partial charge in [-0.1, -0.05) is 19.8 Å². The van der Waals surface area contributed by atoms with Gasteiger partial charge in [0.1, 0.15) is 0 Å². The van der Waals surface area contributed by atoms with Gasteiger partial charge >= 0.3 is 0 Å². The van der Waals surface area contributed by atoms with E-state index < -0.39 is 0 Å². The Morgan fingerprint density at radius 1 is 1.29 bits per heavy atom. The van der Waals surface area contributed by atoms with Gasteiger partial charge in [0.2, 0.25) is 5.91 Å². The second-order valence-corrected chi connectivity index (χ2v) is 5.08. The van der Waals surface area contributed by atoms with E-state index in [-0.39, 0.29) is 11.8 Å². The SMILES string of the molecule is CCCCCN1CCN(C)CC(C(=O)NC)C1. The molecule has 0 bridgehead atoms. The molecule has 1 rings (SSSR count). The number of carbonyl (C=O) groups excluding carboxylic acids is 1. The Bertz CT molecular complexity index is 233. The van der Waals surface area contributed by atoms with Gasteiger partial charge in [0.25, 0.3) is 0 Å². The lowest BCUT2D eigenvalue weighted by atomic mass is 10.1. The fourth-order valence-corrected chi connectivity index (χ4v) is 2.40. The lowest BCUT2D eigenvalue weighted by molar-refractivity contribution is -0.125. The van der Waals surface area contributed by atoms with Gasteiger partial charge < -0.3 is 15.1 Å². The van der Waals surface area contributed by atoms with Crippen molar-refractivity contribution in [2.75, 3.05) is 46.8 Å². The standard InChI is InChI=1S/C13H27N3O/c1-4-5-6-7-16-9-8-15(3)10-12(11-16)13(17)14-2/h12H,4-11H2,1-3H3,(H,14,17). The summed E-state index contributed by atoms with van der Waals surface area (Å²) in [5.74, 6) is 0.299. The summed E-state index contributed by atoms with van der Waals surface area (Å²) < 4.78 is 0. The molecule has 100 valence electrons. The molecule has 0 radical (unpaired) electrons. The van der Waals surface area contributed by atoms with Crippen molar-refractivity contribution in [2.45, 2.75) is 26.2 Å². The molecular formula is C13H27N3O. The fraction of sp³-hybridized carbons (Fsp3) is 0.923. The van der Waals surface area contributed by atoms with E-state index in [2.05, 4.69) is 29.1 Å².